The summed E-state index contributed by atoms with van der Waals surface area (Å²) >= 11 is 0. The standard InChI is InChI=1S/C48H44N3O.Pt/c1-31-22-35(23-32(2)50-31)36-28-44(51-45(29-36)42-30-40(18-19-46(42)52)48(6,7)39-16-12-9-13-17-39)38-24-37(25-41(26-38)47(3,4)5)43-27-34(20-21-49-43)33-14-10-8-11-15-33;/h8-23,25-30,52H,1-7H3;/q-1;. The number of aromatic nitrogens is 3. The molecule has 268 valence electrons. The van der Waals surface area contributed by atoms with E-state index in [1.54, 1.807) is 6.07 Å². The zero-order valence-corrected chi connectivity index (χ0v) is 33.6. The third-order valence-electron chi connectivity index (χ3n) is 9.88. The Balaban J connectivity index is 0.00000481. The van der Waals surface area contributed by atoms with Crippen LogP contribution in [0.25, 0.3) is 56.0 Å². The van der Waals surface area contributed by atoms with Gasteiger partial charge in [-0.25, -0.2) is 0 Å². The van der Waals surface area contributed by atoms with Crippen molar-refractivity contribution in [2.75, 3.05) is 0 Å². The first kappa shape index (κ1) is 37.6. The molecule has 0 saturated heterocycles. The predicted molar refractivity (Wildman–Crippen MR) is 214 cm³/mol. The minimum absolute atomic E-state index is 0. The maximum Gasteiger partial charge on any atom is 0.124 e. The van der Waals surface area contributed by atoms with Gasteiger partial charge < -0.3 is 5.11 Å². The fourth-order valence-corrected chi connectivity index (χ4v) is 6.79. The number of phenols is 1. The number of pyridine rings is 3. The number of aromatic hydroxyl groups is 1. The summed E-state index contributed by atoms with van der Waals surface area (Å²) in [5.74, 6) is 0.181. The van der Waals surface area contributed by atoms with E-state index < -0.39 is 0 Å². The van der Waals surface area contributed by atoms with Crippen molar-refractivity contribution in [1.29, 1.82) is 0 Å². The van der Waals surface area contributed by atoms with Crippen LogP contribution in [-0.2, 0) is 31.9 Å². The van der Waals surface area contributed by atoms with Crippen LogP contribution in [0.2, 0.25) is 0 Å². The van der Waals surface area contributed by atoms with Crippen LogP contribution < -0.4 is 0 Å². The Morgan fingerprint density at radius 2 is 1.09 bits per heavy atom. The molecule has 0 bridgehead atoms. The van der Waals surface area contributed by atoms with Gasteiger partial charge in [0.25, 0.3) is 0 Å². The van der Waals surface area contributed by atoms with Gasteiger partial charge in [0, 0.05) is 61.0 Å². The fraction of sp³-hybridized carbons (Fsp3) is 0.188. The smallest absolute Gasteiger partial charge is 0.124 e. The van der Waals surface area contributed by atoms with Crippen molar-refractivity contribution in [2.24, 2.45) is 0 Å². The number of hydrogen-bond donors (Lipinski definition) is 1. The molecule has 1 N–H and O–H groups in total. The molecule has 5 heteroatoms. The van der Waals surface area contributed by atoms with E-state index in [1.807, 2.05) is 44.3 Å². The number of hydrogen-bond acceptors (Lipinski definition) is 4. The van der Waals surface area contributed by atoms with E-state index in [0.29, 0.717) is 11.3 Å². The third kappa shape index (κ3) is 8.09. The number of rotatable bonds is 7. The number of phenolic OH excluding ortho intramolecular Hbond substituents is 1. The van der Waals surface area contributed by atoms with Crippen LogP contribution in [0, 0.1) is 19.9 Å². The van der Waals surface area contributed by atoms with Crippen LogP contribution in [-0.4, -0.2) is 20.1 Å². The van der Waals surface area contributed by atoms with Gasteiger partial charge in [0.15, 0.2) is 0 Å². The largest absolute Gasteiger partial charge is 0.507 e. The molecule has 4 aromatic carbocycles. The van der Waals surface area contributed by atoms with Crippen molar-refractivity contribution < 1.29 is 26.2 Å². The Labute approximate surface area is 328 Å². The minimum atomic E-state index is -0.297. The number of benzene rings is 4. The van der Waals surface area contributed by atoms with E-state index >= 15 is 0 Å². The average Bonchev–Trinajstić information content (AvgIpc) is 3.14. The minimum Gasteiger partial charge on any atom is -0.507 e. The maximum atomic E-state index is 11.4. The predicted octanol–water partition coefficient (Wildman–Crippen LogP) is 12.0. The molecule has 0 saturated carbocycles. The van der Waals surface area contributed by atoms with Gasteiger partial charge in [-0.3, -0.25) is 15.0 Å². The SMILES string of the molecule is Cc1cc(-c2cc(-c3[c-]c(-c4cc(-c5ccccc5)ccn4)cc(C(C)(C)C)c3)nc(-c3cc(C(C)(C)c4ccccc4)ccc3O)c2)cc(C)n1.[Pt]. The first-order valence-corrected chi connectivity index (χ1v) is 17.8. The molecular weight excluding hydrogens is 830 g/mol. The summed E-state index contributed by atoms with van der Waals surface area (Å²) in [4.78, 5) is 14.8. The summed E-state index contributed by atoms with van der Waals surface area (Å²) in [7, 11) is 0. The van der Waals surface area contributed by atoms with E-state index in [2.05, 4.69) is 143 Å². The van der Waals surface area contributed by atoms with Crippen LogP contribution in [0.3, 0.4) is 0 Å². The van der Waals surface area contributed by atoms with Gasteiger partial charge >= 0.3 is 0 Å². The number of aryl methyl sites for hydroxylation is 2. The van der Waals surface area contributed by atoms with Crippen molar-refractivity contribution in [3.8, 4) is 61.8 Å². The second-order valence-corrected chi connectivity index (χ2v) is 15.2. The quantitative estimate of drug-likeness (QED) is 0.162. The van der Waals surface area contributed by atoms with E-state index in [4.69, 9.17) is 9.97 Å². The average molecular weight is 874 g/mol. The molecule has 0 aliphatic rings. The first-order valence-electron chi connectivity index (χ1n) is 17.8. The number of nitrogens with zero attached hydrogens (tertiary/aromatic N) is 3. The fourth-order valence-electron chi connectivity index (χ4n) is 6.79. The monoisotopic (exact) mass is 873 g/mol. The van der Waals surface area contributed by atoms with Gasteiger partial charge in [-0.05, 0) is 89.0 Å². The third-order valence-corrected chi connectivity index (χ3v) is 9.88. The molecule has 0 unspecified atom stereocenters. The van der Waals surface area contributed by atoms with Crippen molar-refractivity contribution in [1.82, 2.24) is 15.0 Å². The molecular formula is C48H44N3OPt-. The second-order valence-electron chi connectivity index (χ2n) is 15.2. The van der Waals surface area contributed by atoms with Crippen LogP contribution in [0.1, 0.15) is 62.7 Å². The van der Waals surface area contributed by atoms with E-state index in [-0.39, 0.29) is 37.6 Å². The van der Waals surface area contributed by atoms with Gasteiger partial charge in [-0.2, -0.15) is 0 Å². The van der Waals surface area contributed by atoms with E-state index in [9.17, 15) is 5.11 Å². The molecule has 0 atom stereocenters. The van der Waals surface area contributed by atoms with Gasteiger partial charge in [0.2, 0.25) is 0 Å². The Kier molecular flexibility index (Phi) is 10.7. The van der Waals surface area contributed by atoms with Crippen LogP contribution in [0.5, 0.6) is 5.75 Å². The molecule has 0 spiro atoms. The summed E-state index contributed by atoms with van der Waals surface area (Å²) in [6.45, 7) is 15.1. The van der Waals surface area contributed by atoms with Crippen LogP contribution in [0.4, 0.5) is 0 Å². The zero-order chi connectivity index (χ0) is 36.6. The Hall–Kier alpha value is -5.18. The maximum absolute atomic E-state index is 11.4. The molecule has 7 rings (SSSR count). The van der Waals surface area contributed by atoms with Gasteiger partial charge in [-0.15, -0.1) is 23.8 Å². The summed E-state index contributed by atoms with van der Waals surface area (Å²) in [6.07, 6.45) is 1.87. The topological polar surface area (TPSA) is 58.9 Å². The summed E-state index contributed by atoms with van der Waals surface area (Å²) in [5.41, 5.74) is 13.9. The molecule has 3 heterocycles. The molecule has 7 aromatic rings. The summed E-state index contributed by atoms with van der Waals surface area (Å²) in [5, 5.41) is 11.4. The Morgan fingerprint density at radius 3 is 1.75 bits per heavy atom. The molecule has 3 aromatic heterocycles. The van der Waals surface area contributed by atoms with E-state index in [0.717, 1.165) is 67.3 Å². The molecule has 0 amide bonds. The summed E-state index contributed by atoms with van der Waals surface area (Å²) < 4.78 is 0. The van der Waals surface area contributed by atoms with Gasteiger partial charge in [0.1, 0.15) is 5.75 Å². The Morgan fingerprint density at radius 1 is 0.509 bits per heavy atom. The molecule has 53 heavy (non-hydrogen) atoms. The van der Waals surface area contributed by atoms with Crippen molar-refractivity contribution in [2.45, 2.75) is 59.3 Å². The van der Waals surface area contributed by atoms with Crippen molar-refractivity contribution in [3.05, 3.63) is 168 Å². The molecule has 4 nitrogen and oxygen atoms in total. The Bertz CT molecular complexity index is 2380. The molecule has 0 aliphatic carbocycles. The molecule has 0 radical (unpaired) electrons. The van der Waals surface area contributed by atoms with Gasteiger partial charge in [-0.1, -0.05) is 125 Å². The van der Waals surface area contributed by atoms with Crippen molar-refractivity contribution in [3.63, 3.8) is 0 Å². The van der Waals surface area contributed by atoms with Gasteiger partial charge in [0.05, 0.1) is 5.69 Å². The van der Waals surface area contributed by atoms with Crippen LogP contribution in [0.15, 0.2) is 134 Å². The second kappa shape index (κ2) is 15.0. The molecule has 0 fully saturated rings. The summed E-state index contributed by atoms with van der Waals surface area (Å²) in [6, 6.07) is 47.4. The van der Waals surface area contributed by atoms with Crippen LogP contribution >= 0.6 is 0 Å². The van der Waals surface area contributed by atoms with Crippen molar-refractivity contribution >= 4 is 0 Å². The van der Waals surface area contributed by atoms with E-state index in [1.165, 1.54) is 5.56 Å². The normalized spacial score (nSPS) is 11.6. The molecule has 0 aliphatic heterocycles. The first-order chi connectivity index (χ1) is 24.8. The zero-order valence-electron chi connectivity index (χ0n) is 31.3.